The number of hydrogen-bond donors (Lipinski definition) is 3. The first-order valence-electron chi connectivity index (χ1n) is 4.20. The first-order chi connectivity index (χ1) is 6.41. The van der Waals surface area contributed by atoms with Crippen LogP contribution in [-0.2, 0) is 27.5 Å². The SMILES string of the molecule is CCNCCNCCN.O=S(=O)([O-])[O-].[Mn+2]. The largest absolute Gasteiger partial charge is 2.00 e. The van der Waals surface area contributed by atoms with Gasteiger partial charge in [0.1, 0.15) is 0 Å². The molecule has 0 aliphatic carbocycles. The molecule has 0 fully saturated rings. The summed E-state index contributed by atoms with van der Waals surface area (Å²) in [6, 6.07) is 0. The average Bonchev–Trinajstić information content (AvgIpc) is 2.01. The van der Waals surface area contributed by atoms with Crippen LogP contribution in [0.2, 0.25) is 0 Å². The predicted octanol–water partition coefficient (Wildman–Crippen LogP) is -2.20. The van der Waals surface area contributed by atoms with Gasteiger partial charge >= 0.3 is 17.1 Å². The Hall–Kier alpha value is 0.269. The van der Waals surface area contributed by atoms with Crippen molar-refractivity contribution in [2.45, 2.75) is 6.92 Å². The summed E-state index contributed by atoms with van der Waals surface area (Å²) in [5, 5.41) is 6.39. The summed E-state index contributed by atoms with van der Waals surface area (Å²) in [6.07, 6.45) is 0. The van der Waals surface area contributed by atoms with Crippen molar-refractivity contribution in [2.75, 3.05) is 32.7 Å². The van der Waals surface area contributed by atoms with Crippen LogP contribution in [-0.4, -0.2) is 50.2 Å². The third kappa shape index (κ3) is 54.7. The van der Waals surface area contributed by atoms with E-state index in [2.05, 4.69) is 17.6 Å². The van der Waals surface area contributed by atoms with Crippen LogP contribution >= 0.6 is 0 Å². The molecule has 7 nitrogen and oxygen atoms in total. The van der Waals surface area contributed by atoms with Gasteiger partial charge in [-0.15, -0.1) is 0 Å². The zero-order valence-electron chi connectivity index (χ0n) is 8.53. The van der Waals surface area contributed by atoms with Crippen LogP contribution in [0.15, 0.2) is 0 Å². The fourth-order valence-electron chi connectivity index (χ4n) is 0.581. The molecular formula is C6H17MnN3O4S. The minimum Gasteiger partial charge on any atom is -0.759 e. The van der Waals surface area contributed by atoms with Crippen LogP contribution in [0.3, 0.4) is 0 Å². The van der Waals surface area contributed by atoms with Gasteiger partial charge in [0.05, 0.1) is 0 Å². The van der Waals surface area contributed by atoms with E-state index in [1.165, 1.54) is 0 Å². The molecule has 9 heteroatoms. The zero-order chi connectivity index (χ0) is 11.4. The average molecular weight is 282 g/mol. The first-order valence-corrected chi connectivity index (χ1v) is 5.53. The fraction of sp³-hybridized carbons (Fsp3) is 1.00. The van der Waals surface area contributed by atoms with Crippen LogP contribution < -0.4 is 16.4 Å². The Morgan fingerprint density at radius 2 is 1.53 bits per heavy atom. The van der Waals surface area contributed by atoms with Crippen molar-refractivity contribution >= 4 is 10.4 Å². The molecule has 0 aliphatic heterocycles. The molecule has 0 atom stereocenters. The monoisotopic (exact) mass is 282 g/mol. The van der Waals surface area contributed by atoms with Crippen LogP contribution in [0.4, 0.5) is 0 Å². The summed E-state index contributed by atoms with van der Waals surface area (Å²) < 4.78 is 34.1. The third-order valence-electron chi connectivity index (χ3n) is 1.05. The molecule has 0 saturated heterocycles. The predicted molar refractivity (Wildman–Crippen MR) is 50.9 cm³/mol. The standard InChI is InChI=1S/C6H17N3.Mn.H2O4S/c1-2-8-5-6-9-4-3-7;;1-5(2,3)4/h8-9H,2-7H2,1H3;;(H2,1,2,3,4)/q;+2;/p-2. The minimum atomic E-state index is -5.17. The molecule has 0 aromatic rings. The van der Waals surface area contributed by atoms with E-state index >= 15 is 0 Å². The number of nitrogens with two attached hydrogens (primary N) is 1. The van der Waals surface area contributed by atoms with E-state index in [1.807, 2.05) is 0 Å². The van der Waals surface area contributed by atoms with Gasteiger partial charge in [-0.2, -0.15) is 0 Å². The van der Waals surface area contributed by atoms with Gasteiger partial charge in [-0.05, 0) is 6.54 Å². The Morgan fingerprint density at radius 3 is 1.87 bits per heavy atom. The van der Waals surface area contributed by atoms with Gasteiger partial charge in [-0.3, -0.25) is 8.42 Å². The number of likely N-dealkylation sites (N-methyl/N-ethyl adjacent to an activating group) is 1. The molecule has 0 spiro atoms. The minimum absolute atomic E-state index is 0. The third-order valence-corrected chi connectivity index (χ3v) is 1.05. The molecule has 1 radical (unpaired) electrons. The molecule has 0 aromatic heterocycles. The fourth-order valence-corrected chi connectivity index (χ4v) is 0.581. The van der Waals surface area contributed by atoms with Gasteiger partial charge in [0.25, 0.3) is 0 Å². The van der Waals surface area contributed by atoms with Crippen LogP contribution in [0, 0.1) is 0 Å². The zero-order valence-corrected chi connectivity index (χ0v) is 10.5. The molecule has 0 amide bonds. The van der Waals surface area contributed by atoms with Gasteiger partial charge in [0.2, 0.25) is 0 Å². The number of nitrogens with one attached hydrogen (secondary N) is 2. The van der Waals surface area contributed by atoms with Gasteiger partial charge in [-0.1, -0.05) is 6.92 Å². The molecule has 4 N–H and O–H groups in total. The van der Waals surface area contributed by atoms with E-state index in [4.69, 9.17) is 23.3 Å². The summed E-state index contributed by atoms with van der Waals surface area (Å²) in [5.41, 5.74) is 5.26. The van der Waals surface area contributed by atoms with E-state index in [1.54, 1.807) is 0 Å². The van der Waals surface area contributed by atoms with Crippen molar-refractivity contribution in [1.29, 1.82) is 0 Å². The van der Waals surface area contributed by atoms with E-state index in [0.717, 1.165) is 32.7 Å². The summed E-state index contributed by atoms with van der Waals surface area (Å²) in [4.78, 5) is 0. The Morgan fingerprint density at radius 1 is 1.13 bits per heavy atom. The van der Waals surface area contributed by atoms with Crippen LogP contribution in [0.5, 0.6) is 0 Å². The normalized spacial score (nSPS) is 9.87. The van der Waals surface area contributed by atoms with Crippen molar-refractivity contribution in [3.63, 3.8) is 0 Å². The van der Waals surface area contributed by atoms with Gasteiger partial charge in [0.15, 0.2) is 0 Å². The van der Waals surface area contributed by atoms with Crippen molar-refractivity contribution in [1.82, 2.24) is 10.6 Å². The molecule has 0 rings (SSSR count). The van der Waals surface area contributed by atoms with Crippen molar-refractivity contribution in [3.8, 4) is 0 Å². The van der Waals surface area contributed by atoms with E-state index < -0.39 is 10.4 Å². The maximum atomic E-state index is 8.52. The quantitative estimate of drug-likeness (QED) is 0.218. The van der Waals surface area contributed by atoms with Gasteiger partial charge in [-0.25, -0.2) is 0 Å². The van der Waals surface area contributed by atoms with Crippen LogP contribution in [0.1, 0.15) is 6.92 Å². The van der Waals surface area contributed by atoms with E-state index in [0.29, 0.717) is 0 Å². The molecule has 0 bridgehead atoms. The summed E-state index contributed by atoms with van der Waals surface area (Å²) in [7, 11) is -5.17. The smallest absolute Gasteiger partial charge is 0.759 e. The summed E-state index contributed by atoms with van der Waals surface area (Å²) >= 11 is 0. The van der Waals surface area contributed by atoms with Crippen molar-refractivity contribution in [2.24, 2.45) is 5.73 Å². The molecule has 0 heterocycles. The second kappa shape index (κ2) is 14.3. The van der Waals surface area contributed by atoms with E-state index in [9.17, 15) is 0 Å². The van der Waals surface area contributed by atoms with Crippen LogP contribution in [0.25, 0.3) is 0 Å². The Kier molecular flexibility index (Phi) is 19.6. The maximum absolute atomic E-state index is 8.52. The molecule has 0 saturated carbocycles. The number of rotatable bonds is 6. The van der Waals surface area contributed by atoms with Gasteiger partial charge < -0.3 is 25.5 Å². The molecule has 15 heavy (non-hydrogen) atoms. The van der Waals surface area contributed by atoms with Crippen molar-refractivity contribution < 1.29 is 34.6 Å². The Balaban J connectivity index is -0.000000208. The summed E-state index contributed by atoms with van der Waals surface area (Å²) in [5.74, 6) is 0. The maximum Gasteiger partial charge on any atom is 2.00 e. The Labute approximate surface area is 101 Å². The molecule has 0 aliphatic rings. The van der Waals surface area contributed by atoms with Gasteiger partial charge in [0, 0.05) is 36.6 Å². The first kappa shape index (κ1) is 20.7. The molecule has 93 valence electrons. The second-order valence-electron chi connectivity index (χ2n) is 2.30. The summed E-state index contributed by atoms with van der Waals surface area (Å²) in [6.45, 7) is 6.85. The number of hydrogen-bond acceptors (Lipinski definition) is 7. The molecule has 0 aromatic carbocycles. The second-order valence-corrected chi connectivity index (χ2v) is 3.12. The molecular weight excluding hydrogens is 265 g/mol. The van der Waals surface area contributed by atoms with Crippen molar-refractivity contribution in [3.05, 3.63) is 0 Å². The molecule has 0 unspecified atom stereocenters. The Bertz CT molecular complexity index is 187. The topological polar surface area (TPSA) is 130 Å². The van der Waals surface area contributed by atoms with E-state index in [-0.39, 0.29) is 17.1 Å².